The first-order chi connectivity index (χ1) is 16.1. The van der Waals surface area contributed by atoms with Crippen LogP contribution >= 0.6 is 0 Å². The first-order valence-corrected chi connectivity index (χ1v) is 11.0. The number of fused-ring (bicyclic) bond motifs is 2. The number of amides is 3. The van der Waals surface area contributed by atoms with E-state index in [0.29, 0.717) is 22.7 Å². The van der Waals surface area contributed by atoms with Gasteiger partial charge in [-0.15, -0.1) is 0 Å². The predicted molar refractivity (Wildman–Crippen MR) is 130 cm³/mol. The number of ether oxygens (including phenoxy) is 2. The summed E-state index contributed by atoms with van der Waals surface area (Å²) in [6.45, 7) is 7.14. The third-order valence-electron chi connectivity index (χ3n) is 5.25. The summed E-state index contributed by atoms with van der Waals surface area (Å²) in [6, 6.07) is 16.1. The molecule has 8 nitrogen and oxygen atoms in total. The highest BCUT2D eigenvalue weighted by molar-refractivity contribution is 6.07. The van der Waals surface area contributed by atoms with E-state index in [4.69, 9.17) is 9.47 Å². The molecular weight excluding hydrogens is 434 g/mol. The largest absolute Gasteiger partial charge is 0.482 e. The third-order valence-corrected chi connectivity index (χ3v) is 5.25. The van der Waals surface area contributed by atoms with Crippen LogP contribution in [0.15, 0.2) is 54.6 Å². The van der Waals surface area contributed by atoms with Gasteiger partial charge in [0.1, 0.15) is 11.4 Å². The van der Waals surface area contributed by atoms with Gasteiger partial charge in [-0.3, -0.25) is 14.9 Å². The monoisotopic (exact) mass is 461 g/mol. The van der Waals surface area contributed by atoms with Crippen molar-refractivity contribution < 1.29 is 23.9 Å². The lowest BCUT2D eigenvalue weighted by atomic mass is 10.0. The Labute approximate surface area is 197 Å². The van der Waals surface area contributed by atoms with Crippen LogP contribution in [0.4, 0.5) is 16.2 Å². The third kappa shape index (κ3) is 5.28. The zero-order valence-corrected chi connectivity index (χ0v) is 19.5. The van der Waals surface area contributed by atoms with E-state index in [-0.39, 0.29) is 24.5 Å². The summed E-state index contributed by atoms with van der Waals surface area (Å²) in [5.74, 6) is -0.00191. The molecule has 0 aromatic heterocycles. The molecule has 34 heavy (non-hydrogen) atoms. The number of anilines is 2. The van der Waals surface area contributed by atoms with E-state index in [0.717, 1.165) is 16.3 Å². The Kier molecular flexibility index (Phi) is 6.15. The Morgan fingerprint density at radius 2 is 1.76 bits per heavy atom. The van der Waals surface area contributed by atoms with Gasteiger partial charge in [-0.25, -0.2) is 4.79 Å². The molecule has 8 heteroatoms. The fraction of sp³-hybridized carbons (Fsp3) is 0.269. The Hall–Kier alpha value is -4.07. The summed E-state index contributed by atoms with van der Waals surface area (Å²) in [4.78, 5) is 37.4. The van der Waals surface area contributed by atoms with Crippen molar-refractivity contribution in [2.24, 2.45) is 0 Å². The number of nitrogens with one attached hydrogen (secondary N) is 3. The minimum Gasteiger partial charge on any atom is -0.482 e. The molecule has 0 radical (unpaired) electrons. The molecule has 0 saturated heterocycles. The fourth-order valence-corrected chi connectivity index (χ4v) is 3.67. The van der Waals surface area contributed by atoms with E-state index >= 15 is 0 Å². The Morgan fingerprint density at radius 3 is 2.47 bits per heavy atom. The van der Waals surface area contributed by atoms with E-state index in [2.05, 4.69) is 16.0 Å². The molecule has 1 unspecified atom stereocenters. The van der Waals surface area contributed by atoms with Gasteiger partial charge in [-0.2, -0.15) is 0 Å². The number of benzene rings is 3. The van der Waals surface area contributed by atoms with Crippen LogP contribution in [0.25, 0.3) is 10.8 Å². The highest BCUT2D eigenvalue weighted by Crippen LogP contribution is 2.31. The molecule has 0 fully saturated rings. The predicted octanol–water partition coefficient (Wildman–Crippen LogP) is 5.01. The van der Waals surface area contributed by atoms with Crippen molar-refractivity contribution in [3.8, 4) is 5.75 Å². The molecular formula is C26H27N3O5. The molecule has 3 aromatic carbocycles. The maximum absolute atomic E-state index is 13.3. The van der Waals surface area contributed by atoms with Crippen LogP contribution in [0.2, 0.25) is 0 Å². The number of hydrogen-bond acceptors (Lipinski definition) is 5. The molecule has 0 saturated carbocycles. The molecule has 0 bridgehead atoms. The minimum absolute atomic E-state index is 0.0198. The Bertz CT molecular complexity index is 1280. The van der Waals surface area contributed by atoms with Gasteiger partial charge in [-0.05, 0) is 68.3 Å². The second kappa shape index (κ2) is 9.05. The SMILES string of the molecule is CC(NC(=O)c1cc2ccccc2cc1NC(=O)OC(C)(C)C)c1ccc2c(c1)NC(=O)CO2. The van der Waals surface area contributed by atoms with Crippen molar-refractivity contribution in [1.29, 1.82) is 0 Å². The van der Waals surface area contributed by atoms with Gasteiger partial charge in [-0.1, -0.05) is 30.3 Å². The highest BCUT2D eigenvalue weighted by atomic mass is 16.6. The van der Waals surface area contributed by atoms with Crippen LogP contribution < -0.4 is 20.7 Å². The number of rotatable bonds is 4. The molecule has 1 aliphatic rings. The molecule has 0 spiro atoms. The highest BCUT2D eigenvalue weighted by Gasteiger charge is 2.22. The van der Waals surface area contributed by atoms with E-state index in [9.17, 15) is 14.4 Å². The molecule has 1 heterocycles. The second-order valence-corrected chi connectivity index (χ2v) is 9.16. The molecule has 176 valence electrons. The second-order valence-electron chi connectivity index (χ2n) is 9.16. The van der Waals surface area contributed by atoms with Gasteiger partial charge in [0, 0.05) is 0 Å². The maximum Gasteiger partial charge on any atom is 0.412 e. The molecule has 3 aromatic rings. The lowest BCUT2D eigenvalue weighted by Crippen LogP contribution is -2.30. The average molecular weight is 462 g/mol. The van der Waals surface area contributed by atoms with Crippen LogP contribution in [0.5, 0.6) is 5.75 Å². The number of carbonyl (C=O) groups excluding carboxylic acids is 3. The molecule has 1 atom stereocenters. The van der Waals surface area contributed by atoms with Crippen molar-refractivity contribution in [1.82, 2.24) is 5.32 Å². The lowest BCUT2D eigenvalue weighted by Gasteiger charge is -2.22. The van der Waals surface area contributed by atoms with Gasteiger partial charge >= 0.3 is 6.09 Å². The van der Waals surface area contributed by atoms with E-state index in [1.165, 1.54) is 0 Å². The van der Waals surface area contributed by atoms with Crippen LogP contribution in [0, 0.1) is 0 Å². The summed E-state index contributed by atoms with van der Waals surface area (Å²) < 4.78 is 10.8. The van der Waals surface area contributed by atoms with E-state index in [1.54, 1.807) is 45.0 Å². The first kappa shape index (κ1) is 23.1. The summed E-state index contributed by atoms with van der Waals surface area (Å²) in [7, 11) is 0. The fourth-order valence-electron chi connectivity index (χ4n) is 3.67. The van der Waals surface area contributed by atoms with Gasteiger partial charge in [0.2, 0.25) is 0 Å². The first-order valence-electron chi connectivity index (χ1n) is 11.0. The molecule has 4 rings (SSSR count). The number of hydrogen-bond donors (Lipinski definition) is 3. The maximum atomic E-state index is 13.3. The Balaban J connectivity index is 1.60. The molecule has 3 N–H and O–H groups in total. The van der Waals surface area contributed by atoms with E-state index < -0.39 is 11.7 Å². The van der Waals surface area contributed by atoms with Crippen molar-refractivity contribution in [3.63, 3.8) is 0 Å². The zero-order chi connectivity index (χ0) is 24.5. The van der Waals surface area contributed by atoms with Crippen molar-refractivity contribution in [2.75, 3.05) is 17.2 Å². The van der Waals surface area contributed by atoms with Crippen LogP contribution in [-0.2, 0) is 9.53 Å². The van der Waals surface area contributed by atoms with Gasteiger partial charge in [0.25, 0.3) is 11.8 Å². The van der Waals surface area contributed by atoms with E-state index in [1.807, 2.05) is 37.3 Å². The standard InChI is InChI=1S/C26H27N3O5/c1-15(16-9-10-22-21(12-16)28-23(30)14-33-22)27-24(31)19-11-17-7-5-6-8-18(17)13-20(19)29-25(32)34-26(2,3)4/h5-13,15H,14H2,1-4H3,(H,27,31)(H,28,30)(H,29,32). The summed E-state index contributed by atoms with van der Waals surface area (Å²) in [5.41, 5.74) is 1.34. The molecule has 3 amide bonds. The Morgan fingerprint density at radius 1 is 1.06 bits per heavy atom. The summed E-state index contributed by atoms with van der Waals surface area (Å²) in [6.07, 6.45) is -0.643. The number of carbonyl (C=O) groups is 3. The van der Waals surface area contributed by atoms with Crippen molar-refractivity contribution in [2.45, 2.75) is 39.3 Å². The molecule has 0 aliphatic carbocycles. The quantitative estimate of drug-likeness (QED) is 0.507. The normalized spacial score (nSPS) is 13.8. The van der Waals surface area contributed by atoms with Crippen LogP contribution in [0.3, 0.4) is 0 Å². The van der Waals surface area contributed by atoms with Crippen molar-refractivity contribution in [3.05, 3.63) is 65.7 Å². The van der Waals surface area contributed by atoms with Crippen LogP contribution in [-0.4, -0.2) is 30.1 Å². The van der Waals surface area contributed by atoms with Gasteiger partial charge in [0.15, 0.2) is 6.61 Å². The zero-order valence-electron chi connectivity index (χ0n) is 19.5. The molecule has 1 aliphatic heterocycles. The van der Waals surface area contributed by atoms with Crippen LogP contribution in [0.1, 0.15) is 49.7 Å². The lowest BCUT2D eigenvalue weighted by molar-refractivity contribution is -0.118. The smallest absolute Gasteiger partial charge is 0.412 e. The minimum atomic E-state index is -0.677. The van der Waals surface area contributed by atoms with Gasteiger partial charge in [0.05, 0.1) is 23.0 Å². The average Bonchev–Trinajstić information content (AvgIpc) is 2.76. The summed E-state index contributed by atoms with van der Waals surface area (Å²) >= 11 is 0. The summed E-state index contributed by atoms with van der Waals surface area (Å²) in [5, 5.41) is 10.2. The van der Waals surface area contributed by atoms with Gasteiger partial charge < -0.3 is 20.1 Å². The topological polar surface area (TPSA) is 106 Å². The van der Waals surface area contributed by atoms with Crippen molar-refractivity contribution >= 4 is 40.1 Å².